The van der Waals surface area contributed by atoms with Crippen molar-refractivity contribution in [2.75, 3.05) is 13.1 Å². The number of hydrogen-bond acceptors (Lipinski definition) is 1. The topological polar surface area (TPSA) is 46.3 Å². The molecule has 1 heterocycles. The molecule has 0 saturated carbocycles. The van der Waals surface area contributed by atoms with Crippen LogP contribution in [0.1, 0.15) is 19.8 Å². The zero-order valence-electron chi connectivity index (χ0n) is 6.34. The third-order valence-corrected chi connectivity index (χ3v) is 1.97. The van der Waals surface area contributed by atoms with Gasteiger partial charge in [0, 0.05) is 13.1 Å². The Kier molecular flexibility index (Phi) is 2.14. The van der Waals surface area contributed by atoms with E-state index in [9.17, 15) is 4.79 Å². The lowest BCUT2D eigenvalue weighted by molar-refractivity contribution is 0.178. The standard InChI is InChI=1S/C7H14N2O/c1-6-3-2-4-9(5-6)7(8)10/h6H,2-5H2,1H3,(H2,8,10)/t6-/m1/s1. The van der Waals surface area contributed by atoms with Crippen molar-refractivity contribution in [1.29, 1.82) is 0 Å². The largest absolute Gasteiger partial charge is 0.351 e. The molecule has 1 rings (SSSR count). The Balaban J connectivity index is 2.39. The summed E-state index contributed by atoms with van der Waals surface area (Å²) in [5, 5.41) is 0. The van der Waals surface area contributed by atoms with Gasteiger partial charge in [0.15, 0.2) is 0 Å². The van der Waals surface area contributed by atoms with Gasteiger partial charge >= 0.3 is 6.03 Å². The summed E-state index contributed by atoms with van der Waals surface area (Å²) in [7, 11) is 0. The highest BCUT2D eigenvalue weighted by Crippen LogP contribution is 2.14. The second kappa shape index (κ2) is 2.90. The van der Waals surface area contributed by atoms with Crippen molar-refractivity contribution in [1.82, 2.24) is 4.90 Å². The first kappa shape index (κ1) is 7.38. The lowest BCUT2D eigenvalue weighted by Crippen LogP contribution is -2.42. The Labute approximate surface area is 61.2 Å². The van der Waals surface area contributed by atoms with Crippen LogP contribution < -0.4 is 5.73 Å². The number of carbonyl (C=O) groups excluding carboxylic acids is 1. The Morgan fingerprint density at radius 2 is 2.40 bits per heavy atom. The fourth-order valence-corrected chi connectivity index (χ4v) is 1.39. The summed E-state index contributed by atoms with van der Waals surface area (Å²) >= 11 is 0. The molecule has 1 aliphatic rings. The molecule has 0 bridgehead atoms. The van der Waals surface area contributed by atoms with Gasteiger partial charge in [0.05, 0.1) is 0 Å². The highest BCUT2D eigenvalue weighted by molar-refractivity contribution is 5.72. The van der Waals surface area contributed by atoms with Crippen LogP contribution in [0.2, 0.25) is 0 Å². The van der Waals surface area contributed by atoms with Gasteiger partial charge in [-0.1, -0.05) is 6.92 Å². The van der Waals surface area contributed by atoms with Crippen molar-refractivity contribution in [3.05, 3.63) is 0 Å². The van der Waals surface area contributed by atoms with Crippen LogP contribution in [-0.2, 0) is 0 Å². The number of likely N-dealkylation sites (tertiary alicyclic amines) is 1. The van der Waals surface area contributed by atoms with E-state index in [1.165, 1.54) is 6.42 Å². The van der Waals surface area contributed by atoms with Crippen LogP contribution in [-0.4, -0.2) is 24.0 Å². The molecule has 1 saturated heterocycles. The minimum Gasteiger partial charge on any atom is -0.351 e. The zero-order chi connectivity index (χ0) is 7.56. The molecule has 2 N–H and O–H groups in total. The summed E-state index contributed by atoms with van der Waals surface area (Å²) < 4.78 is 0. The number of primary amides is 1. The number of piperidine rings is 1. The normalized spacial score (nSPS) is 26.5. The van der Waals surface area contributed by atoms with Crippen molar-refractivity contribution in [3.8, 4) is 0 Å². The molecule has 1 aliphatic heterocycles. The molecule has 0 aromatic carbocycles. The van der Waals surface area contributed by atoms with E-state index < -0.39 is 0 Å². The Hall–Kier alpha value is -0.730. The molecule has 10 heavy (non-hydrogen) atoms. The summed E-state index contributed by atoms with van der Waals surface area (Å²) in [6, 6.07) is -0.272. The average Bonchev–Trinajstić information content (AvgIpc) is 1.88. The molecule has 3 nitrogen and oxygen atoms in total. The quantitative estimate of drug-likeness (QED) is 0.534. The number of carbonyl (C=O) groups is 1. The van der Waals surface area contributed by atoms with Crippen molar-refractivity contribution in [2.45, 2.75) is 19.8 Å². The van der Waals surface area contributed by atoms with Crippen LogP contribution in [0.5, 0.6) is 0 Å². The van der Waals surface area contributed by atoms with E-state index in [1.807, 2.05) is 0 Å². The monoisotopic (exact) mass is 142 g/mol. The minimum absolute atomic E-state index is 0.272. The average molecular weight is 142 g/mol. The summed E-state index contributed by atoms with van der Waals surface area (Å²) in [4.78, 5) is 12.4. The molecule has 0 unspecified atom stereocenters. The number of rotatable bonds is 0. The van der Waals surface area contributed by atoms with E-state index in [4.69, 9.17) is 5.73 Å². The number of nitrogens with two attached hydrogens (primary N) is 1. The van der Waals surface area contributed by atoms with Gasteiger partial charge in [0.25, 0.3) is 0 Å². The second-order valence-corrected chi connectivity index (χ2v) is 3.03. The van der Waals surface area contributed by atoms with Gasteiger partial charge in [-0.05, 0) is 18.8 Å². The Morgan fingerprint density at radius 1 is 1.70 bits per heavy atom. The molecule has 2 amide bonds. The predicted molar refractivity (Wildman–Crippen MR) is 39.6 cm³/mol. The smallest absolute Gasteiger partial charge is 0.314 e. The van der Waals surface area contributed by atoms with Crippen LogP contribution in [0.4, 0.5) is 4.79 Å². The van der Waals surface area contributed by atoms with E-state index in [1.54, 1.807) is 4.90 Å². The molecule has 1 atom stereocenters. The summed E-state index contributed by atoms with van der Waals surface area (Å²) in [6.45, 7) is 3.84. The highest BCUT2D eigenvalue weighted by atomic mass is 16.2. The van der Waals surface area contributed by atoms with Crippen LogP contribution in [0.25, 0.3) is 0 Å². The fourth-order valence-electron chi connectivity index (χ4n) is 1.39. The number of hydrogen-bond donors (Lipinski definition) is 1. The van der Waals surface area contributed by atoms with Gasteiger partial charge in [-0.15, -0.1) is 0 Å². The maximum absolute atomic E-state index is 10.6. The number of nitrogens with zero attached hydrogens (tertiary/aromatic N) is 1. The SMILES string of the molecule is C[C@@H]1CCCN(C(N)=O)C1. The van der Waals surface area contributed by atoms with Crippen LogP contribution in [0.3, 0.4) is 0 Å². The summed E-state index contributed by atoms with van der Waals surface area (Å²) in [6.07, 6.45) is 2.33. The minimum atomic E-state index is -0.272. The van der Waals surface area contributed by atoms with Gasteiger partial charge in [-0.3, -0.25) is 0 Å². The van der Waals surface area contributed by atoms with Gasteiger partial charge < -0.3 is 10.6 Å². The molecule has 0 aromatic heterocycles. The van der Waals surface area contributed by atoms with E-state index in [0.29, 0.717) is 5.92 Å². The maximum Gasteiger partial charge on any atom is 0.314 e. The van der Waals surface area contributed by atoms with Crippen molar-refractivity contribution in [2.24, 2.45) is 11.7 Å². The first-order chi connectivity index (χ1) is 4.70. The first-order valence-electron chi connectivity index (χ1n) is 3.74. The predicted octanol–water partition coefficient (Wildman–Crippen LogP) is 0.797. The molecule has 0 radical (unpaired) electrons. The van der Waals surface area contributed by atoms with E-state index in [0.717, 1.165) is 19.5 Å². The second-order valence-electron chi connectivity index (χ2n) is 3.03. The van der Waals surface area contributed by atoms with Crippen LogP contribution in [0.15, 0.2) is 0 Å². The first-order valence-corrected chi connectivity index (χ1v) is 3.74. The molecular formula is C7H14N2O. The Bertz CT molecular complexity index is 136. The van der Waals surface area contributed by atoms with Gasteiger partial charge in [0.2, 0.25) is 0 Å². The lowest BCUT2D eigenvalue weighted by atomic mass is 10.0. The van der Waals surface area contributed by atoms with E-state index in [-0.39, 0.29) is 6.03 Å². The molecule has 3 heteroatoms. The van der Waals surface area contributed by atoms with E-state index in [2.05, 4.69) is 6.92 Å². The van der Waals surface area contributed by atoms with Crippen LogP contribution >= 0.6 is 0 Å². The third kappa shape index (κ3) is 1.62. The molecule has 0 aliphatic carbocycles. The van der Waals surface area contributed by atoms with Crippen molar-refractivity contribution >= 4 is 6.03 Å². The molecule has 0 aromatic rings. The number of amides is 2. The number of urea groups is 1. The van der Waals surface area contributed by atoms with Crippen LogP contribution in [0, 0.1) is 5.92 Å². The zero-order valence-corrected chi connectivity index (χ0v) is 6.34. The lowest BCUT2D eigenvalue weighted by Gasteiger charge is -2.29. The third-order valence-electron chi connectivity index (χ3n) is 1.97. The van der Waals surface area contributed by atoms with Crippen molar-refractivity contribution < 1.29 is 4.79 Å². The van der Waals surface area contributed by atoms with Gasteiger partial charge in [-0.25, -0.2) is 4.79 Å². The summed E-state index contributed by atoms with van der Waals surface area (Å²) in [5.41, 5.74) is 5.12. The van der Waals surface area contributed by atoms with Gasteiger partial charge in [0.1, 0.15) is 0 Å². The Morgan fingerprint density at radius 3 is 2.80 bits per heavy atom. The maximum atomic E-state index is 10.6. The molecular weight excluding hydrogens is 128 g/mol. The fraction of sp³-hybridized carbons (Fsp3) is 0.857. The summed E-state index contributed by atoms with van der Waals surface area (Å²) in [5.74, 6) is 0.626. The molecule has 0 spiro atoms. The van der Waals surface area contributed by atoms with E-state index >= 15 is 0 Å². The van der Waals surface area contributed by atoms with Gasteiger partial charge in [-0.2, -0.15) is 0 Å². The molecule has 58 valence electrons. The highest BCUT2D eigenvalue weighted by Gasteiger charge is 2.17. The van der Waals surface area contributed by atoms with Crippen molar-refractivity contribution in [3.63, 3.8) is 0 Å². The molecule has 1 fully saturated rings.